The summed E-state index contributed by atoms with van der Waals surface area (Å²) in [5.41, 5.74) is 5.09. The van der Waals surface area contributed by atoms with E-state index in [1.807, 2.05) is 30.3 Å². The minimum Gasteiger partial charge on any atom is -0.323 e. The Balaban J connectivity index is 1.57. The lowest BCUT2D eigenvalue weighted by molar-refractivity contribution is -0.111. The van der Waals surface area contributed by atoms with Crippen molar-refractivity contribution in [2.45, 2.75) is 0 Å². The second-order valence-corrected chi connectivity index (χ2v) is 8.27. The van der Waals surface area contributed by atoms with Crippen molar-refractivity contribution in [2.24, 2.45) is 0 Å². The molecular formula is C30H20N6O2. The van der Waals surface area contributed by atoms with Crippen LogP contribution in [0.4, 0.5) is 17.2 Å². The number of nitrogens with zero attached hydrogens (tertiary/aromatic N) is 4. The molecule has 3 aromatic carbocycles. The second-order valence-electron chi connectivity index (χ2n) is 8.27. The van der Waals surface area contributed by atoms with Crippen LogP contribution in [0.25, 0.3) is 38.0 Å². The van der Waals surface area contributed by atoms with E-state index in [9.17, 15) is 9.59 Å². The summed E-state index contributed by atoms with van der Waals surface area (Å²) in [6.07, 6.45) is 5.99. The molecule has 38 heavy (non-hydrogen) atoms. The van der Waals surface area contributed by atoms with Gasteiger partial charge in [0.1, 0.15) is 12.1 Å². The van der Waals surface area contributed by atoms with Gasteiger partial charge in [-0.05, 0) is 65.2 Å². The molecule has 8 nitrogen and oxygen atoms in total. The Bertz CT molecular complexity index is 1740. The number of pyridine rings is 1. The highest BCUT2D eigenvalue weighted by Gasteiger charge is 2.15. The summed E-state index contributed by atoms with van der Waals surface area (Å²) in [5, 5.41) is 6.30. The van der Waals surface area contributed by atoms with Gasteiger partial charge in [-0.1, -0.05) is 36.9 Å². The molecule has 182 valence electrons. The van der Waals surface area contributed by atoms with Crippen LogP contribution < -0.4 is 10.6 Å². The highest BCUT2D eigenvalue weighted by atomic mass is 16.2. The van der Waals surface area contributed by atoms with Crippen molar-refractivity contribution in [1.82, 2.24) is 15.0 Å². The number of hydrogen-bond acceptors (Lipinski definition) is 5. The highest BCUT2D eigenvalue weighted by Crippen LogP contribution is 2.38. The molecule has 0 unspecified atom stereocenters. The van der Waals surface area contributed by atoms with Gasteiger partial charge in [0.25, 0.3) is 5.91 Å². The number of rotatable bonds is 6. The molecular weight excluding hydrogens is 476 g/mol. The molecule has 5 aromatic rings. The molecule has 0 saturated heterocycles. The number of hydrogen-bond donors (Lipinski definition) is 2. The lowest BCUT2D eigenvalue weighted by Gasteiger charge is -2.13. The van der Waals surface area contributed by atoms with Crippen LogP contribution in [0.3, 0.4) is 0 Å². The van der Waals surface area contributed by atoms with Crippen molar-refractivity contribution in [3.05, 3.63) is 121 Å². The second kappa shape index (κ2) is 10.5. The lowest BCUT2D eigenvalue weighted by Crippen LogP contribution is -2.12. The molecule has 2 amide bonds. The molecule has 0 aliphatic heterocycles. The summed E-state index contributed by atoms with van der Waals surface area (Å²) in [5.74, 6) is -0.236. The van der Waals surface area contributed by atoms with E-state index in [1.165, 1.54) is 12.4 Å². The van der Waals surface area contributed by atoms with Gasteiger partial charge >= 0.3 is 0 Å². The van der Waals surface area contributed by atoms with Crippen LogP contribution in [0.5, 0.6) is 0 Å². The number of benzene rings is 3. The van der Waals surface area contributed by atoms with Gasteiger partial charge in [0.05, 0.1) is 12.1 Å². The van der Waals surface area contributed by atoms with Gasteiger partial charge < -0.3 is 10.6 Å². The molecule has 0 saturated carbocycles. The first-order chi connectivity index (χ1) is 18.6. The van der Waals surface area contributed by atoms with Gasteiger partial charge in [-0.2, -0.15) is 0 Å². The lowest BCUT2D eigenvalue weighted by atomic mass is 9.94. The normalized spacial score (nSPS) is 10.4. The van der Waals surface area contributed by atoms with Crippen LogP contribution in [-0.4, -0.2) is 26.8 Å². The van der Waals surface area contributed by atoms with Crippen molar-refractivity contribution < 1.29 is 9.59 Å². The van der Waals surface area contributed by atoms with E-state index in [2.05, 4.69) is 37.0 Å². The van der Waals surface area contributed by atoms with Crippen LogP contribution in [0.15, 0.2) is 104 Å². The maximum atomic E-state index is 12.8. The first kappa shape index (κ1) is 24.0. The number of carbonyl (C=O) groups excluding carboxylic acids is 2. The summed E-state index contributed by atoms with van der Waals surface area (Å²) in [6.45, 7) is 11.3. The Hall–Kier alpha value is -5.68. The van der Waals surface area contributed by atoms with Crippen LogP contribution in [-0.2, 0) is 4.79 Å². The Morgan fingerprint density at radius 3 is 2.58 bits per heavy atom. The quantitative estimate of drug-likeness (QED) is 0.213. The van der Waals surface area contributed by atoms with Crippen molar-refractivity contribution in [1.29, 1.82) is 0 Å². The smallest absolute Gasteiger partial charge is 0.255 e. The maximum Gasteiger partial charge on any atom is 0.255 e. The van der Waals surface area contributed by atoms with E-state index < -0.39 is 0 Å². The summed E-state index contributed by atoms with van der Waals surface area (Å²) < 4.78 is 0. The Labute approximate surface area is 218 Å². The van der Waals surface area contributed by atoms with Gasteiger partial charge in [-0.15, -0.1) is 0 Å². The number of amides is 2. The molecule has 0 fully saturated rings. The molecule has 0 bridgehead atoms. The van der Waals surface area contributed by atoms with Crippen molar-refractivity contribution in [3.63, 3.8) is 0 Å². The van der Waals surface area contributed by atoms with Crippen LogP contribution in [0, 0.1) is 6.57 Å². The summed E-state index contributed by atoms with van der Waals surface area (Å²) in [6, 6.07) is 21.5. The predicted molar refractivity (Wildman–Crippen MR) is 148 cm³/mol. The van der Waals surface area contributed by atoms with E-state index in [-0.39, 0.29) is 11.8 Å². The van der Waals surface area contributed by atoms with E-state index in [1.54, 1.807) is 54.9 Å². The third-order valence-electron chi connectivity index (χ3n) is 5.83. The summed E-state index contributed by atoms with van der Waals surface area (Å²) >= 11 is 0. The van der Waals surface area contributed by atoms with E-state index in [0.717, 1.165) is 27.6 Å². The highest BCUT2D eigenvalue weighted by molar-refractivity contribution is 6.06. The first-order valence-electron chi connectivity index (χ1n) is 11.6. The number of anilines is 2. The summed E-state index contributed by atoms with van der Waals surface area (Å²) in [7, 11) is 0. The van der Waals surface area contributed by atoms with Crippen LogP contribution in [0.1, 0.15) is 10.4 Å². The number of carbonyl (C=O) groups is 2. The topological polar surface area (TPSA) is 101 Å². The predicted octanol–water partition coefficient (Wildman–Crippen LogP) is 6.29. The van der Waals surface area contributed by atoms with Crippen molar-refractivity contribution in [3.8, 4) is 22.3 Å². The Kier molecular flexibility index (Phi) is 6.65. The zero-order chi connectivity index (χ0) is 26.5. The van der Waals surface area contributed by atoms with Crippen LogP contribution in [0.2, 0.25) is 0 Å². The van der Waals surface area contributed by atoms with Crippen LogP contribution >= 0.6 is 0 Å². The van der Waals surface area contributed by atoms with Gasteiger partial charge in [0, 0.05) is 34.6 Å². The molecule has 0 spiro atoms. The minimum atomic E-state index is -0.355. The Morgan fingerprint density at radius 1 is 0.895 bits per heavy atom. The third-order valence-corrected chi connectivity index (χ3v) is 5.83. The average Bonchev–Trinajstić information content (AvgIpc) is 2.96. The molecule has 2 aromatic heterocycles. The van der Waals surface area contributed by atoms with Gasteiger partial charge in [-0.25, -0.2) is 19.8 Å². The van der Waals surface area contributed by atoms with Gasteiger partial charge in [0.2, 0.25) is 5.91 Å². The Morgan fingerprint density at radius 2 is 1.79 bits per heavy atom. The molecule has 5 rings (SSSR count). The first-order valence-corrected chi connectivity index (χ1v) is 11.6. The summed E-state index contributed by atoms with van der Waals surface area (Å²) in [4.78, 5) is 41.1. The van der Waals surface area contributed by atoms with Gasteiger partial charge in [0.15, 0.2) is 5.69 Å². The monoisotopic (exact) mass is 496 g/mol. The fourth-order valence-electron chi connectivity index (χ4n) is 4.07. The molecule has 2 heterocycles. The zero-order valence-electron chi connectivity index (χ0n) is 20.1. The number of nitrogens with one attached hydrogen (secondary N) is 2. The standard InChI is InChI=1S/C30H20N6O2/c1-3-28(37)35-23-8-6-7-19(14-23)25-15-21(13-22-17-32-18-34-29(22)25)24-11-10-20(16-26(24)31-2)30(38)36-27-9-4-5-12-33-27/h3-18H,1H2,(H,35,37)(H,33,36,38). The van der Waals surface area contributed by atoms with E-state index in [0.29, 0.717) is 28.3 Å². The fraction of sp³-hybridized carbons (Fsp3) is 0. The third kappa shape index (κ3) is 4.98. The van der Waals surface area contributed by atoms with Crippen molar-refractivity contribution >= 4 is 39.9 Å². The van der Waals surface area contributed by atoms with Crippen molar-refractivity contribution in [2.75, 3.05) is 10.6 Å². The minimum absolute atomic E-state index is 0.308. The SMILES string of the molecule is [C-]#[N+]c1cc(C(=O)Nc2ccccn2)ccc1-c1cc(-c2cccc(NC(=O)C=C)c2)c2ncncc2c1. The average molecular weight is 497 g/mol. The fourth-order valence-corrected chi connectivity index (χ4v) is 4.07. The van der Waals surface area contributed by atoms with E-state index in [4.69, 9.17) is 6.57 Å². The zero-order valence-corrected chi connectivity index (χ0v) is 20.1. The molecule has 0 radical (unpaired) electrons. The number of aromatic nitrogens is 3. The molecule has 8 heteroatoms. The van der Waals surface area contributed by atoms with Gasteiger partial charge in [-0.3, -0.25) is 9.59 Å². The molecule has 0 aliphatic rings. The van der Waals surface area contributed by atoms with E-state index >= 15 is 0 Å². The number of fused-ring (bicyclic) bond motifs is 1. The molecule has 0 aliphatic carbocycles. The molecule has 2 N–H and O–H groups in total. The molecule has 0 atom stereocenters. The maximum absolute atomic E-state index is 12.8. The largest absolute Gasteiger partial charge is 0.323 e.